The van der Waals surface area contributed by atoms with E-state index in [-0.39, 0.29) is 17.5 Å². The van der Waals surface area contributed by atoms with Gasteiger partial charge >= 0.3 is 0 Å². The van der Waals surface area contributed by atoms with E-state index in [1.165, 1.54) is 0 Å². The number of hydrogen-bond acceptors (Lipinski definition) is 6. The van der Waals surface area contributed by atoms with Crippen LogP contribution in [0.25, 0.3) is 0 Å². The van der Waals surface area contributed by atoms with Gasteiger partial charge in [0.15, 0.2) is 5.69 Å². The maximum absolute atomic E-state index is 11.9. The molecule has 7 nitrogen and oxygen atoms in total. The van der Waals surface area contributed by atoms with E-state index < -0.39 is 0 Å². The van der Waals surface area contributed by atoms with E-state index in [1.54, 1.807) is 25.3 Å². The highest BCUT2D eigenvalue weighted by atomic mass is 16.5. The van der Waals surface area contributed by atoms with E-state index in [4.69, 9.17) is 9.26 Å². The Bertz CT molecular complexity index is 650. The Morgan fingerprint density at radius 1 is 1.50 bits per heavy atom. The number of hydrogen-bond donors (Lipinski definition) is 1. The molecule has 3 heterocycles. The highest BCUT2D eigenvalue weighted by Gasteiger charge is 2.19. The van der Waals surface area contributed by atoms with Crippen molar-refractivity contribution in [3.8, 4) is 0 Å². The molecule has 1 aliphatic heterocycles. The van der Waals surface area contributed by atoms with Crippen LogP contribution in [-0.2, 0) is 11.3 Å². The van der Waals surface area contributed by atoms with Crippen molar-refractivity contribution in [3.05, 3.63) is 41.3 Å². The molecule has 116 valence electrons. The quantitative estimate of drug-likeness (QED) is 0.922. The van der Waals surface area contributed by atoms with Gasteiger partial charge in [-0.25, -0.2) is 9.97 Å². The van der Waals surface area contributed by atoms with E-state index in [0.29, 0.717) is 18.9 Å². The first-order valence-electron chi connectivity index (χ1n) is 7.33. The van der Waals surface area contributed by atoms with Crippen LogP contribution < -0.4 is 5.32 Å². The van der Waals surface area contributed by atoms with Crippen molar-refractivity contribution in [1.29, 1.82) is 0 Å². The summed E-state index contributed by atoms with van der Waals surface area (Å²) in [6, 6.07) is 3.39. The summed E-state index contributed by atoms with van der Waals surface area (Å²) >= 11 is 0. The average molecular weight is 302 g/mol. The summed E-state index contributed by atoms with van der Waals surface area (Å²) < 4.78 is 10.4. The normalized spacial score (nSPS) is 18.1. The zero-order valence-corrected chi connectivity index (χ0v) is 12.4. The third-order valence-electron chi connectivity index (χ3n) is 3.55. The van der Waals surface area contributed by atoms with Gasteiger partial charge in [0.05, 0.1) is 18.8 Å². The van der Waals surface area contributed by atoms with Crippen LogP contribution in [0.5, 0.6) is 0 Å². The van der Waals surface area contributed by atoms with Gasteiger partial charge in [0.2, 0.25) is 0 Å². The fourth-order valence-electron chi connectivity index (χ4n) is 2.39. The van der Waals surface area contributed by atoms with Crippen molar-refractivity contribution in [1.82, 2.24) is 20.4 Å². The molecule has 1 amide bonds. The lowest BCUT2D eigenvalue weighted by Crippen LogP contribution is -2.24. The minimum absolute atomic E-state index is 0.239. The zero-order valence-electron chi connectivity index (χ0n) is 12.4. The summed E-state index contributed by atoms with van der Waals surface area (Å²) in [5.41, 5.74) is 1.04. The molecule has 1 atom stereocenters. The van der Waals surface area contributed by atoms with Crippen LogP contribution in [0, 0.1) is 6.92 Å². The van der Waals surface area contributed by atoms with Gasteiger partial charge in [0.25, 0.3) is 5.91 Å². The number of aromatic nitrogens is 3. The molecule has 3 rings (SSSR count). The van der Waals surface area contributed by atoms with Crippen LogP contribution in [-0.4, -0.2) is 34.2 Å². The first kappa shape index (κ1) is 14.6. The molecule has 1 N–H and O–H groups in total. The van der Waals surface area contributed by atoms with Crippen molar-refractivity contribution in [2.75, 3.05) is 13.2 Å². The van der Waals surface area contributed by atoms with Crippen LogP contribution in [0.1, 0.15) is 46.5 Å². The highest BCUT2D eigenvalue weighted by Crippen LogP contribution is 2.22. The molecule has 0 saturated carbocycles. The van der Waals surface area contributed by atoms with Gasteiger partial charge in [-0.15, -0.1) is 0 Å². The second kappa shape index (κ2) is 6.65. The standard InChI is InChI=1S/C15H18N4O3/c1-10-7-13(19-22-10)15(20)17-8-12-4-5-16-14(18-12)11-3-2-6-21-9-11/h4-5,7,11H,2-3,6,8-9H2,1H3,(H,17,20). The Morgan fingerprint density at radius 2 is 2.41 bits per heavy atom. The van der Waals surface area contributed by atoms with Crippen LogP contribution in [0.4, 0.5) is 0 Å². The largest absolute Gasteiger partial charge is 0.381 e. The topological polar surface area (TPSA) is 90.1 Å². The van der Waals surface area contributed by atoms with E-state index in [2.05, 4.69) is 20.4 Å². The molecule has 0 aromatic carbocycles. The van der Waals surface area contributed by atoms with Gasteiger partial charge in [-0.3, -0.25) is 4.79 Å². The smallest absolute Gasteiger partial charge is 0.273 e. The van der Waals surface area contributed by atoms with Gasteiger partial charge in [-0.1, -0.05) is 5.16 Å². The monoisotopic (exact) mass is 302 g/mol. The lowest BCUT2D eigenvalue weighted by Gasteiger charge is -2.20. The van der Waals surface area contributed by atoms with Crippen molar-refractivity contribution in [2.45, 2.75) is 32.2 Å². The number of nitrogens with zero attached hydrogens (tertiary/aromatic N) is 3. The van der Waals surface area contributed by atoms with Crippen LogP contribution >= 0.6 is 0 Å². The van der Waals surface area contributed by atoms with E-state index >= 15 is 0 Å². The SMILES string of the molecule is Cc1cc(C(=O)NCc2ccnc(C3CCCOC3)n2)no1. The molecule has 0 spiro atoms. The fourth-order valence-corrected chi connectivity index (χ4v) is 2.39. The summed E-state index contributed by atoms with van der Waals surface area (Å²) in [6.07, 6.45) is 3.78. The van der Waals surface area contributed by atoms with E-state index in [0.717, 1.165) is 31.0 Å². The Balaban J connectivity index is 1.61. The highest BCUT2D eigenvalue weighted by molar-refractivity contribution is 5.92. The predicted molar refractivity (Wildman–Crippen MR) is 77.2 cm³/mol. The molecule has 7 heteroatoms. The minimum atomic E-state index is -0.280. The number of rotatable bonds is 4. The van der Waals surface area contributed by atoms with Crippen LogP contribution in [0.2, 0.25) is 0 Å². The number of carbonyl (C=O) groups is 1. The third-order valence-corrected chi connectivity index (χ3v) is 3.55. The number of carbonyl (C=O) groups excluding carboxylic acids is 1. The van der Waals surface area contributed by atoms with Crippen molar-refractivity contribution in [3.63, 3.8) is 0 Å². The molecule has 1 fully saturated rings. The molecule has 0 aliphatic carbocycles. The maximum atomic E-state index is 11.9. The van der Waals surface area contributed by atoms with E-state index in [9.17, 15) is 4.79 Å². The van der Waals surface area contributed by atoms with Crippen LogP contribution in [0.15, 0.2) is 22.9 Å². The molecule has 2 aromatic rings. The lowest BCUT2D eigenvalue weighted by atomic mass is 10.0. The molecule has 1 aliphatic rings. The summed E-state index contributed by atoms with van der Waals surface area (Å²) in [5.74, 6) is 1.34. The first-order chi connectivity index (χ1) is 10.7. The number of aryl methyl sites for hydroxylation is 1. The molecule has 2 aromatic heterocycles. The third kappa shape index (κ3) is 3.48. The van der Waals surface area contributed by atoms with Gasteiger partial charge < -0.3 is 14.6 Å². The zero-order chi connectivity index (χ0) is 15.4. The Kier molecular flexibility index (Phi) is 4.43. The van der Waals surface area contributed by atoms with Crippen molar-refractivity contribution >= 4 is 5.91 Å². The summed E-state index contributed by atoms with van der Waals surface area (Å²) in [7, 11) is 0. The minimum Gasteiger partial charge on any atom is -0.381 e. The molecular formula is C15H18N4O3. The summed E-state index contributed by atoms with van der Waals surface area (Å²) in [4.78, 5) is 20.8. The van der Waals surface area contributed by atoms with Gasteiger partial charge in [-0.2, -0.15) is 0 Å². The predicted octanol–water partition coefficient (Wildman–Crippen LogP) is 1.60. The first-order valence-corrected chi connectivity index (χ1v) is 7.33. The molecule has 0 radical (unpaired) electrons. The molecular weight excluding hydrogens is 284 g/mol. The number of nitrogens with one attached hydrogen (secondary N) is 1. The Morgan fingerprint density at radius 3 is 3.14 bits per heavy atom. The van der Waals surface area contributed by atoms with Crippen molar-refractivity contribution < 1.29 is 14.1 Å². The molecule has 1 unspecified atom stereocenters. The number of amides is 1. The van der Waals surface area contributed by atoms with Gasteiger partial charge in [0, 0.05) is 24.8 Å². The van der Waals surface area contributed by atoms with Crippen molar-refractivity contribution in [2.24, 2.45) is 0 Å². The Hall–Kier alpha value is -2.28. The van der Waals surface area contributed by atoms with Crippen LogP contribution in [0.3, 0.4) is 0 Å². The molecule has 22 heavy (non-hydrogen) atoms. The second-order valence-electron chi connectivity index (χ2n) is 5.33. The fraction of sp³-hybridized carbons (Fsp3) is 0.467. The summed E-state index contributed by atoms with van der Waals surface area (Å²) in [5, 5.41) is 6.46. The van der Waals surface area contributed by atoms with Gasteiger partial charge in [0.1, 0.15) is 11.6 Å². The number of ether oxygens (including phenoxy) is 1. The maximum Gasteiger partial charge on any atom is 0.273 e. The molecule has 1 saturated heterocycles. The lowest BCUT2D eigenvalue weighted by molar-refractivity contribution is 0.0779. The average Bonchev–Trinajstić information content (AvgIpc) is 3.00. The Labute approximate surface area is 128 Å². The van der Waals surface area contributed by atoms with Gasteiger partial charge in [-0.05, 0) is 25.8 Å². The molecule has 0 bridgehead atoms. The van der Waals surface area contributed by atoms with E-state index in [1.807, 2.05) is 0 Å². The second-order valence-corrected chi connectivity index (χ2v) is 5.33. The summed E-state index contributed by atoms with van der Waals surface area (Å²) in [6.45, 7) is 3.54.